The highest BCUT2D eigenvalue weighted by Gasteiger charge is 2.17. The molecule has 0 N–H and O–H groups in total. The van der Waals surface area contributed by atoms with Crippen LogP contribution in [-0.2, 0) is 23.8 Å². The Morgan fingerprint density at radius 1 is 0.400 bits per heavy atom. The van der Waals surface area contributed by atoms with Crippen molar-refractivity contribution in [3.63, 3.8) is 0 Å². The summed E-state index contributed by atoms with van der Waals surface area (Å²) in [5.41, 5.74) is 0. The molecule has 0 heterocycles. The van der Waals surface area contributed by atoms with Gasteiger partial charge in [0, 0.05) is 13.0 Å². The normalized spacial score (nSPS) is 12.8. The van der Waals surface area contributed by atoms with Gasteiger partial charge in [0.15, 0.2) is 6.10 Å². The summed E-state index contributed by atoms with van der Waals surface area (Å²) >= 11 is 0. The van der Waals surface area contributed by atoms with Gasteiger partial charge >= 0.3 is 11.9 Å². The fraction of sp³-hybridized carbons (Fsp3) is 0.745. The van der Waals surface area contributed by atoms with Crippen molar-refractivity contribution in [2.24, 2.45) is 0 Å². The molecule has 1 atom stereocenters. The quantitative estimate of drug-likeness (QED) is 0.0347. The monoisotopic (exact) mass is 837 g/mol. The maximum atomic E-state index is 12.7. The Labute approximate surface area is 372 Å². The van der Waals surface area contributed by atoms with E-state index in [1.165, 1.54) is 148 Å². The van der Waals surface area contributed by atoms with Crippen molar-refractivity contribution in [3.8, 4) is 0 Å². The van der Waals surface area contributed by atoms with E-state index in [0.717, 1.165) is 57.8 Å². The third kappa shape index (κ3) is 48.0. The van der Waals surface area contributed by atoms with Crippen LogP contribution in [0.2, 0.25) is 0 Å². The predicted molar refractivity (Wildman–Crippen MR) is 260 cm³/mol. The third-order valence-corrected chi connectivity index (χ3v) is 10.8. The number of carbonyl (C=O) groups is 2. The van der Waals surface area contributed by atoms with Crippen LogP contribution in [0.25, 0.3) is 0 Å². The van der Waals surface area contributed by atoms with E-state index >= 15 is 0 Å². The molecule has 1 unspecified atom stereocenters. The van der Waals surface area contributed by atoms with Gasteiger partial charge in [0.2, 0.25) is 0 Å². The van der Waals surface area contributed by atoms with Gasteiger partial charge in [-0.3, -0.25) is 9.59 Å². The van der Waals surface area contributed by atoms with E-state index in [0.29, 0.717) is 13.0 Å². The van der Waals surface area contributed by atoms with Crippen molar-refractivity contribution < 1.29 is 23.8 Å². The summed E-state index contributed by atoms with van der Waals surface area (Å²) in [6, 6.07) is 0. The first-order valence-electron chi connectivity index (χ1n) is 25.5. The molecule has 0 aliphatic rings. The van der Waals surface area contributed by atoms with E-state index < -0.39 is 6.10 Å². The van der Waals surface area contributed by atoms with Gasteiger partial charge in [-0.15, -0.1) is 0 Å². The highest BCUT2D eigenvalue weighted by Crippen LogP contribution is 2.15. The second-order valence-electron chi connectivity index (χ2n) is 16.7. The van der Waals surface area contributed by atoms with Crippen molar-refractivity contribution >= 4 is 11.9 Å². The lowest BCUT2D eigenvalue weighted by molar-refractivity contribution is -0.162. The average molecular weight is 837 g/mol. The maximum absolute atomic E-state index is 12.7. The standard InChI is InChI=1S/C55H96O5/c1-4-7-10-13-16-19-22-25-27-28-30-31-33-36-39-42-45-48-54(56)59-52-53(51-58-50-47-44-41-38-35-24-21-18-15-12-9-6-3)60-55(57)49-46-43-40-37-34-32-29-26-23-20-17-14-11-8-5-2/h8,11,15,17-18,20,26,29,34,37,43,46,53H,4-7,9-10,12-14,16,19,21-25,27-28,30-33,35-36,38-42,44-45,47-52H2,1-3H3/b11-8-,18-15-,20-17-,29-26-,37-34-,46-43-. The lowest BCUT2D eigenvalue weighted by atomic mass is 10.0. The molecule has 0 aromatic heterocycles. The molecule has 60 heavy (non-hydrogen) atoms. The molecule has 0 saturated carbocycles. The molecule has 0 aromatic rings. The van der Waals surface area contributed by atoms with Crippen molar-refractivity contribution in [1.82, 2.24) is 0 Å². The Hall–Kier alpha value is -2.66. The lowest BCUT2D eigenvalue weighted by Gasteiger charge is -2.18. The van der Waals surface area contributed by atoms with Gasteiger partial charge in [-0.25, -0.2) is 0 Å². The summed E-state index contributed by atoms with van der Waals surface area (Å²) in [7, 11) is 0. The zero-order chi connectivity index (χ0) is 43.5. The lowest BCUT2D eigenvalue weighted by Crippen LogP contribution is -2.29. The number of rotatable bonds is 46. The van der Waals surface area contributed by atoms with E-state index in [2.05, 4.69) is 81.5 Å². The summed E-state index contributed by atoms with van der Waals surface area (Å²) in [5, 5.41) is 0. The molecule has 0 fully saturated rings. The Bertz CT molecular complexity index is 1080. The van der Waals surface area contributed by atoms with Gasteiger partial charge in [-0.2, -0.15) is 0 Å². The van der Waals surface area contributed by atoms with E-state index in [1.807, 2.05) is 12.2 Å². The second-order valence-corrected chi connectivity index (χ2v) is 16.7. The SMILES string of the molecule is CC/C=C\C/C=C\C/C=C\C/C=C\C/C=C\CC(=O)OC(COCCCCCCCC/C=C\CCCC)COC(=O)CCCCCCCCCCCCCCCCCCC. The summed E-state index contributed by atoms with van der Waals surface area (Å²) in [5.74, 6) is -0.541. The van der Waals surface area contributed by atoms with Gasteiger partial charge in [-0.1, -0.05) is 235 Å². The first-order chi connectivity index (χ1) is 29.6. The summed E-state index contributed by atoms with van der Waals surface area (Å²) in [4.78, 5) is 25.3. The molecule has 5 heteroatoms. The van der Waals surface area contributed by atoms with Crippen LogP contribution in [0.15, 0.2) is 72.9 Å². The Morgan fingerprint density at radius 2 is 0.817 bits per heavy atom. The second kappa shape index (κ2) is 50.7. The van der Waals surface area contributed by atoms with E-state index in [4.69, 9.17) is 14.2 Å². The molecule has 0 aromatic carbocycles. The number of ether oxygens (including phenoxy) is 3. The van der Waals surface area contributed by atoms with Crippen LogP contribution in [0.3, 0.4) is 0 Å². The molecule has 0 aliphatic carbocycles. The molecule has 346 valence electrons. The van der Waals surface area contributed by atoms with Crippen LogP contribution >= 0.6 is 0 Å². The Kier molecular flexibility index (Phi) is 48.4. The number of allylic oxidation sites excluding steroid dienone is 11. The minimum atomic E-state index is -0.592. The zero-order valence-electron chi connectivity index (χ0n) is 39.7. The van der Waals surface area contributed by atoms with Gasteiger partial charge in [0.05, 0.1) is 13.0 Å². The molecule has 0 rings (SSSR count). The molecule has 0 spiro atoms. The first-order valence-corrected chi connectivity index (χ1v) is 25.5. The summed E-state index contributed by atoms with van der Waals surface area (Å²) in [6.45, 7) is 7.58. The number of unbranched alkanes of at least 4 members (excludes halogenated alkanes) is 24. The van der Waals surface area contributed by atoms with Crippen molar-refractivity contribution in [2.75, 3.05) is 19.8 Å². The molecule has 0 amide bonds. The average Bonchev–Trinajstić information content (AvgIpc) is 3.25. The highest BCUT2D eigenvalue weighted by atomic mass is 16.6. The van der Waals surface area contributed by atoms with E-state index in [9.17, 15) is 9.59 Å². The third-order valence-electron chi connectivity index (χ3n) is 10.8. The van der Waals surface area contributed by atoms with Crippen LogP contribution in [0.1, 0.15) is 239 Å². The minimum absolute atomic E-state index is 0.0437. The fourth-order valence-electron chi connectivity index (χ4n) is 6.98. The molecule has 5 nitrogen and oxygen atoms in total. The van der Waals surface area contributed by atoms with Crippen LogP contribution in [-0.4, -0.2) is 37.9 Å². The van der Waals surface area contributed by atoms with E-state index in [-0.39, 0.29) is 31.6 Å². The molecular weight excluding hydrogens is 741 g/mol. The molecule has 0 aliphatic heterocycles. The molecule has 0 saturated heterocycles. The number of esters is 2. The molecule has 0 bridgehead atoms. The zero-order valence-corrected chi connectivity index (χ0v) is 39.7. The fourth-order valence-corrected chi connectivity index (χ4v) is 6.98. The van der Waals surface area contributed by atoms with Gasteiger partial charge < -0.3 is 14.2 Å². The maximum Gasteiger partial charge on any atom is 0.310 e. The number of carbonyl (C=O) groups excluding carboxylic acids is 2. The molecular formula is C55H96O5. The smallest absolute Gasteiger partial charge is 0.310 e. The number of hydrogen-bond acceptors (Lipinski definition) is 5. The first kappa shape index (κ1) is 57.3. The van der Waals surface area contributed by atoms with Crippen molar-refractivity contribution in [2.45, 2.75) is 245 Å². The minimum Gasteiger partial charge on any atom is -0.462 e. The topological polar surface area (TPSA) is 61.8 Å². The Balaban J connectivity index is 4.35. The van der Waals surface area contributed by atoms with Crippen molar-refractivity contribution in [1.29, 1.82) is 0 Å². The van der Waals surface area contributed by atoms with Gasteiger partial charge in [0.1, 0.15) is 6.61 Å². The summed E-state index contributed by atoms with van der Waals surface area (Å²) < 4.78 is 17.3. The van der Waals surface area contributed by atoms with Crippen LogP contribution in [0.4, 0.5) is 0 Å². The van der Waals surface area contributed by atoms with Gasteiger partial charge in [0.25, 0.3) is 0 Å². The van der Waals surface area contributed by atoms with E-state index in [1.54, 1.807) is 0 Å². The van der Waals surface area contributed by atoms with Crippen LogP contribution < -0.4 is 0 Å². The van der Waals surface area contributed by atoms with Gasteiger partial charge in [-0.05, 0) is 64.2 Å². The van der Waals surface area contributed by atoms with Crippen LogP contribution in [0.5, 0.6) is 0 Å². The Morgan fingerprint density at radius 3 is 1.32 bits per heavy atom. The van der Waals surface area contributed by atoms with Crippen molar-refractivity contribution in [3.05, 3.63) is 72.9 Å². The van der Waals surface area contributed by atoms with Crippen LogP contribution in [0, 0.1) is 0 Å². The summed E-state index contributed by atoms with van der Waals surface area (Å²) in [6.07, 6.45) is 65.1. The number of hydrogen-bond donors (Lipinski definition) is 0. The molecule has 0 radical (unpaired) electrons. The predicted octanol–water partition coefficient (Wildman–Crippen LogP) is 17.1. The highest BCUT2D eigenvalue weighted by molar-refractivity contribution is 5.71. The largest absolute Gasteiger partial charge is 0.462 e.